The Morgan fingerprint density at radius 3 is 2.50 bits per heavy atom. The number of piperidine rings is 1. The second kappa shape index (κ2) is 6.43. The van der Waals surface area contributed by atoms with Gasteiger partial charge >= 0.3 is 5.97 Å². The van der Waals surface area contributed by atoms with Gasteiger partial charge < -0.3 is 19.5 Å². The summed E-state index contributed by atoms with van der Waals surface area (Å²) in [5, 5.41) is 9.62. The molecule has 1 aliphatic heterocycles. The van der Waals surface area contributed by atoms with Crippen LogP contribution in [0.1, 0.15) is 25.7 Å². The topological polar surface area (TPSA) is 76.1 Å². The number of carboxylic acids is 1. The van der Waals surface area contributed by atoms with Crippen LogP contribution in [0.15, 0.2) is 30.3 Å². The highest BCUT2D eigenvalue weighted by molar-refractivity contribution is 5.89. The monoisotopic (exact) mass is 333 g/mol. The van der Waals surface area contributed by atoms with Gasteiger partial charge in [0.15, 0.2) is 5.60 Å². The molecule has 1 amide bonds. The first kappa shape index (κ1) is 16.8. The van der Waals surface area contributed by atoms with Gasteiger partial charge in [-0.25, -0.2) is 0 Å². The van der Waals surface area contributed by atoms with E-state index in [0.717, 1.165) is 0 Å². The van der Waals surface area contributed by atoms with E-state index in [4.69, 9.17) is 9.47 Å². The van der Waals surface area contributed by atoms with Crippen LogP contribution < -0.4 is 4.74 Å². The molecular formula is C18H23NO5. The number of carboxylic acid groups (broad SMARTS) is 1. The lowest BCUT2D eigenvalue weighted by atomic mass is 9.80. The number of aliphatic carboxylic acids is 1. The van der Waals surface area contributed by atoms with Crippen molar-refractivity contribution in [2.24, 2.45) is 5.41 Å². The van der Waals surface area contributed by atoms with Crippen LogP contribution >= 0.6 is 0 Å². The third-order valence-electron chi connectivity index (χ3n) is 4.89. The molecule has 1 N–H and O–H groups in total. The molecule has 0 radical (unpaired) electrons. The zero-order chi connectivity index (χ0) is 17.2. The van der Waals surface area contributed by atoms with E-state index in [-0.39, 0.29) is 19.1 Å². The lowest BCUT2D eigenvalue weighted by Gasteiger charge is -2.40. The molecule has 1 atom stereocenters. The SMILES string of the molecule is COCC1(C(=O)O)CCCN(C(=O)C2(Oc3ccccc3)CC2)C1. The fourth-order valence-electron chi connectivity index (χ4n) is 3.41. The van der Waals surface area contributed by atoms with Gasteiger partial charge in [0.1, 0.15) is 11.2 Å². The van der Waals surface area contributed by atoms with Crippen molar-refractivity contribution in [2.75, 3.05) is 26.8 Å². The average Bonchev–Trinajstić information content (AvgIpc) is 3.36. The van der Waals surface area contributed by atoms with E-state index < -0.39 is 17.0 Å². The van der Waals surface area contributed by atoms with Gasteiger partial charge in [-0.3, -0.25) is 9.59 Å². The standard InChI is InChI=1S/C18H23NO5/c1-23-13-17(16(21)22)8-5-11-19(12-17)15(20)18(9-10-18)24-14-6-3-2-4-7-14/h2-4,6-7H,5,8-13H2,1H3,(H,21,22). The van der Waals surface area contributed by atoms with Gasteiger partial charge in [-0.1, -0.05) is 18.2 Å². The van der Waals surface area contributed by atoms with Crippen molar-refractivity contribution >= 4 is 11.9 Å². The van der Waals surface area contributed by atoms with Crippen LogP contribution in [-0.4, -0.2) is 54.3 Å². The van der Waals surface area contributed by atoms with Crippen molar-refractivity contribution in [3.05, 3.63) is 30.3 Å². The first-order valence-electron chi connectivity index (χ1n) is 8.27. The number of hydrogen-bond acceptors (Lipinski definition) is 4. The number of benzene rings is 1. The summed E-state index contributed by atoms with van der Waals surface area (Å²) in [4.78, 5) is 26.4. The second-order valence-electron chi connectivity index (χ2n) is 6.76. The maximum atomic E-state index is 13.0. The molecule has 130 valence electrons. The van der Waals surface area contributed by atoms with Crippen molar-refractivity contribution in [1.29, 1.82) is 0 Å². The third-order valence-corrected chi connectivity index (χ3v) is 4.89. The largest absolute Gasteiger partial charge is 0.481 e. The Balaban J connectivity index is 1.73. The molecule has 0 aromatic heterocycles. The molecule has 6 nitrogen and oxygen atoms in total. The fraction of sp³-hybridized carbons (Fsp3) is 0.556. The lowest BCUT2D eigenvalue weighted by molar-refractivity contribution is -0.161. The molecule has 1 saturated heterocycles. The molecule has 2 fully saturated rings. The molecule has 24 heavy (non-hydrogen) atoms. The van der Waals surface area contributed by atoms with Crippen LogP contribution in [0.3, 0.4) is 0 Å². The summed E-state index contributed by atoms with van der Waals surface area (Å²) in [6.07, 6.45) is 2.51. The Morgan fingerprint density at radius 2 is 1.92 bits per heavy atom. The molecule has 1 aromatic rings. The molecule has 1 unspecified atom stereocenters. The Morgan fingerprint density at radius 1 is 1.21 bits per heavy atom. The van der Waals surface area contributed by atoms with Crippen molar-refractivity contribution in [1.82, 2.24) is 4.90 Å². The van der Waals surface area contributed by atoms with Crippen LogP contribution in [0.2, 0.25) is 0 Å². The van der Waals surface area contributed by atoms with Crippen molar-refractivity contribution < 1.29 is 24.2 Å². The summed E-state index contributed by atoms with van der Waals surface area (Å²) < 4.78 is 11.1. The zero-order valence-electron chi connectivity index (χ0n) is 13.9. The van der Waals surface area contributed by atoms with E-state index in [1.807, 2.05) is 30.3 Å². The highest BCUT2D eigenvalue weighted by Gasteiger charge is 2.56. The number of carbonyl (C=O) groups is 2. The minimum absolute atomic E-state index is 0.104. The first-order valence-corrected chi connectivity index (χ1v) is 8.27. The smallest absolute Gasteiger partial charge is 0.313 e. The number of nitrogens with zero attached hydrogens (tertiary/aromatic N) is 1. The molecule has 2 aliphatic rings. The number of hydrogen-bond donors (Lipinski definition) is 1. The summed E-state index contributed by atoms with van der Waals surface area (Å²) in [5.74, 6) is -0.342. The number of methoxy groups -OCH3 is 1. The summed E-state index contributed by atoms with van der Waals surface area (Å²) >= 11 is 0. The van der Waals surface area contributed by atoms with Gasteiger partial charge in [0.05, 0.1) is 6.61 Å². The Bertz CT molecular complexity index is 609. The number of ether oxygens (including phenoxy) is 2. The predicted octanol–water partition coefficient (Wildman–Crippen LogP) is 1.94. The zero-order valence-corrected chi connectivity index (χ0v) is 13.9. The molecule has 3 rings (SSSR count). The Labute approximate surface area is 141 Å². The molecule has 0 spiro atoms. The van der Waals surface area contributed by atoms with Gasteiger partial charge in [-0.05, 0) is 25.0 Å². The van der Waals surface area contributed by atoms with Crippen LogP contribution in [0.5, 0.6) is 5.75 Å². The summed E-state index contributed by atoms with van der Waals surface area (Å²) in [7, 11) is 1.49. The van der Waals surface area contributed by atoms with Gasteiger partial charge in [0.25, 0.3) is 5.91 Å². The second-order valence-corrected chi connectivity index (χ2v) is 6.76. The number of amides is 1. The number of para-hydroxylation sites is 1. The van der Waals surface area contributed by atoms with Crippen LogP contribution in [0.25, 0.3) is 0 Å². The number of carbonyl (C=O) groups excluding carboxylic acids is 1. The molecule has 1 aliphatic carbocycles. The third kappa shape index (κ3) is 3.11. The van der Waals surface area contributed by atoms with Gasteiger partial charge in [-0.15, -0.1) is 0 Å². The molecule has 1 heterocycles. The quantitative estimate of drug-likeness (QED) is 0.861. The van der Waals surface area contributed by atoms with Crippen molar-refractivity contribution in [3.8, 4) is 5.75 Å². The Kier molecular flexibility index (Phi) is 4.49. The van der Waals surface area contributed by atoms with Crippen LogP contribution in [0, 0.1) is 5.41 Å². The highest BCUT2D eigenvalue weighted by atomic mass is 16.5. The minimum atomic E-state index is -1.02. The van der Waals surface area contributed by atoms with Gasteiger partial charge in [0, 0.05) is 33.0 Å². The average molecular weight is 333 g/mol. The summed E-state index contributed by atoms with van der Waals surface area (Å²) in [6, 6.07) is 9.28. The Hall–Kier alpha value is -2.08. The fourth-order valence-corrected chi connectivity index (χ4v) is 3.41. The van der Waals surface area contributed by atoms with Crippen molar-refractivity contribution in [3.63, 3.8) is 0 Å². The highest BCUT2D eigenvalue weighted by Crippen LogP contribution is 2.43. The normalized spacial score (nSPS) is 25.1. The van der Waals surface area contributed by atoms with E-state index in [1.54, 1.807) is 4.90 Å². The molecule has 1 saturated carbocycles. The van der Waals surface area contributed by atoms with E-state index in [0.29, 0.717) is 38.0 Å². The molecule has 6 heteroatoms. The predicted molar refractivity (Wildman–Crippen MR) is 86.8 cm³/mol. The lowest BCUT2D eigenvalue weighted by Crippen LogP contribution is -2.55. The number of rotatable bonds is 6. The molecular weight excluding hydrogens is 310 g/mol. The van der Waals surface area contributed by atoms with E-state index >= 15 is 0 Å². The molecule has 1 aromatic carbocycles. The minimum Gasteiger partial charge on any atom is -0.481 e. The summed E-state index contributed by atoms with van der Waals surface area (Å²) in [6.45, 7) is 0.852. The maximum absolute atomic E-state index is 13.0. The van der Waals surface area contributed by atoms with E-state index in [9.17, 15) is 14.7 Å². The number of likely N-dealkylation sites (tertiary alicyclic amines) is 1. The van der Waals surface area contributed by atoms with Crippen LogP contribution in [-0.2, 0) is 14.3 Å². The maximum Gasteiger partial charge on any atom is 0.313 e. The van der Waals surface area contributed by atoms with Gasteiger partial charge in [0.2, 0.25) is 0 Å². The first-order chi connectivity index (χ1) is 11.5. The van der Waals surface area contributed by atoms with Gasteiger partial charge in [-0.2, -0.15) is 0 Å². The van der Waals surface area contributed by atoms with E-state index in [2.05, 4.69) is 0 Å². The van der Waals surface area contributed by atoms with Crippen LogP contribution in [0.4, 0.5) is 0 Å². The van der Waals surface area contributed by atoms with Crippen molar-refractivity contribution in [2.45, 2.75) is 31.3 Å². The van der Waals surface area contributed by atoms with E-state index in [1.165, 1.54) is 7.11 Å². The molecule has 0 bridgehead atoms. The summed E-state index contributed by atoms with van der Waals surface area (Å²) in [5.41, 5.74) is -1.85.